The number of aryl methyl sites for hydroxylation is 1. The van der Waals surface area contributed by atoms with Gasteiger partial charge in [-0.1, -0.05) is 48.0 Å². The first-order valence-corrected chi connectivity index (χ1v) is 6.94. The van der Waals surface area contributed by atoms with Crippen LogP contribution in [0, 0.1) is 23.7 Å². The molecule has 0 heterocycles. The monoisotopic (exact) mass is 307 g/mol. The van der Waals surface area contributed by atoms with E-state index >= 15 is 0 Å². The molecular weight excluding hydrogens is 290 g/mol. The lowest BCUT2D eigenvalue weighted by molar-refractivity contribution is 0.221. The first-order valence-electron chi connectivity index (χ1n) is 6.94. The molecule has 1 atom stereocenters. The summed E-state index contributed by atoms with van der Waals surface area (Å²) in [4.78, 5) is 0. The molecule has 2 aromatic rings. The predicted octanol–water partition coefficient (Wildman–Crippen LogP) is 2.30. The smallest absolute Gasteiger partial charge is 0.201 e. The number of nitrogens with two attached hydrogens (primary N) is 1. The van der Waals surface area contributed by atoms with E-state index < -0.39 is 11.9 Å². The van der Waals surface area contributed by atoms with Gasteiger partial charge in [0, 0.05) is 5.56 Å². The van der Waals surface area contributed by atoms with Crippen molar-refractivity contribution in [1.29, 1.82) is 10.7 Å². The molecule has 0 aliphatic heterocycles. The van der Waals surface area contributed by atoms with Gasteiger partial charge in [-0.05, 0) is 18.6 Å². The Labute approximate surface area is 134 Å². The number of aliphatic hydroxyl groups excluding tert-OH is 1. The van der Waals surface area contributed by atoms with Crippen LogP contribution < -0.4 is 11.2 Å². The van der Waals surface area contributed by atoms with Crippen LogP contribution in [0.1, 0.15) is 22.8 Å². The standard InChI is InChI=1S/C17H17N5O/c1-11-7-8-14(21-22-15(10-18)17(19)20)13(9-11)16(23)12-5-3-2-4-6-12/h2-9,16,21,23H,1H3,(H3,19,20)/b22-15+. The van der Waals surface area contributed by atoms with Gasteiger partial charge in [-0.2, -0.15) is 10.4 Å². The zero-order valence-corrected chi connectivity index (χ0v) is 12.6. The van der Waals surface area contributed by atoms with E-state index in [1.54, 1.807) is 12.1 Å². The first-order chi connectivity index (χ1) is 11.0. The molecule has 0 saturated heterocycles. The summed E-state index contributed by atoms with van der Waals surface area (Å²) in [5.74, 6) is -0.419. The average Bonchev–Trinajstić information content (AvgIpc) is 2.56. The van der Waals surface area contributed by atoms with Crippen LogP contribution in [0.2, 0.25) is 0 Å². The Morgan fingerprint density at radius 1 is 1.30 bits per heavy atom. The zero-order valence-electron chi connectivity index (χ0n) is 12.6. The van der Waals surface area contributed by atoms with Gasteiger partial charge in [0.05, 0.1) is 5.69 Å². The second-order valence-electron chi connectivity index (χ2n) is 5.00. The highest BCUT2D eigenvalue weighted by molar-refractivity contribution is 6.45. The van der Waals surface area contributed by atoms with E-state index in [1.807, 2.05) is 49.4 Å². The van der Waals surface area contributed by atoms with Crippen LogP contribution in [0.3, 0.4) is 0 Å². The van der Waals surface area contributed by atoms with E-state index in [9.17, 15) is 5.11 Å². The van der Waals surface area contributed by atoms with Crippen LogP contribution >= 0.6 is 0 Å². The van der Waals surface area contributed by atoms with Crippen molar-refractivity contribution in [2.24, 2.45) is 10.8 Å². The highest BCUT2D eigenvalue weighted by Crippen LogP contribution is 2.29. The molecule has 2 aromatic carbocycles. The number of amidine groups is 1. The summed E-state index contributed by atoms with van der Waals surface area (Å²) in [7, 11) is 0. The number of anilines is 1. The number of hydrazone groups is 1. The number of benzene rings is 2. The molecule has 0 aliphatic rings. The predicted molar refractivity (Wildman–Crippen MR) is 90.3 cm³/mol. The third-order valence-electron chi connectivity index (χ3n) is 3.27. The number of hydrogen-bond donors (Lipinski definition) is 4. The lowest BCUT2D eigenvalue weighted by Crippen LogP contribution is -2.22. The van der Waals surface area contributed by atoms with Gasteiger partial charge >= 0.3 is 0 Å². The van der Waals surface area contributed by atoms with Crippen molar-refractivity contribution in [1.82, 2.24) is 0 Å². The third-order valence-corrected chi connectivity index (χ3v) is 3.27. The summed E-state index contributed by atoms with van der Waals surface area (Å²) in [5.41, 5.74) is 10.7. The molecule has 0 bridgehead atoms. The molecule has 2 rings (SSSR count). The molecule has 23 heavy (non-hydrogen) atoms. The van der Waals surface area contributed by atoms with Crippen LogP contribution in [0.4, 0.5) is 5.69 Å². The number of nitrogens with one attached hydrogen (secondary N) is 2. The molecule has 6 heteroatoms. The van der Waals surface area contributed by atoms with Crippen molar-refractivity contribution >= 4 is 17.2 Å². The van der Waals surface area contributed by atoms with Gasteiger partial charge in [-0.3, -0.25) is 10.8 Å². The molecule has 0 aliphatic carbocycles. The summed E-state index contributed by atoms with van der Waals surface area (Å²) < 4.78 is 0. The van der Waals surface area contributed by atoms with Crippen LogP contribution in [-0.4, -0.2) is 16.7 Å². The van der Waals surface area contributed by atoms with Crippen molar-refractivity contribution in [3.8, 4) is 6.07 Å². The Balaban J connectivity index is 2.39. The van der Waals surface area contributed by atoms with Crippen molar-refractivity contribution in [3.05, 3.63) is 65.2 Å². The van der Waals surface area contributed by atoms with E-state index in [0.717, 1.165) is 11.1 Å². The molecule has 0 fully saturated rings. The lowest BCUT2D eigenvalue weighted by atomic mass is 9.98. The van der Waals surface area contributed by atoms with Gasteiger partial charge in [0.25, 0.3) is 0 Å². The highest BCUT2D eigenvalue weighted by atomic mass is 16.3. The summed E-state index contributed by atoms with van der Waals surface area (Å²) in [6, 6.07) is 16.4. The van der Waals surface area contributed by atoms with Crippen LogP contribution in [0.15, 0.2) is 53.6 Å². The normalized spacial score (nSPS) is 12.3. The van der Waals surface area contributed by atoms with Crippen LogP contribution in [0.25, 0.3) is 0 Å². The van der Waals surface area contributed by atoms with E-state index in [0.29, 0.717) is 11.3 Å². The maximum Gasteiger partial charge on any atom is 0.201 e. The van der Waals surface area contributed by atoms with Crippen molar-refractivity contribution in [2.75, 3.05) is 5.43 Å². The fraction of sp³-hybridized carbons (Fsp3) is 0.118. The Bertz CT molecular complexity index is 777. The summed E-state index contributed by atoms with van der Waals surface area (Å²) >= 11 is 0. The minimum Gasteiger partial charge on any atom is -0.384 e. The van der Waals surface area contributed by atoms with Crippen LogP contribution in [-0.2, 0) is 0 Å². The van der Waals surface area contributed by atoms with Crippen molar-refractivity contribution in [2.45, 2.75) is 13.0 Å². The first kappa shape index (κ1) is 16.2. The third kappa shape index (κ3) is 3.93. The summed E-state index contributed by atoms with van der Waals surface area (Å²) in [6.45, 7) is 1.92. The minimum absolute atomic E-state index is 0.217. The van der Waals surface area contributed by atoms with Crippen molar-refractivity contribution in [3.63, 3.8) is 0 Å². The number of aliphatic hydroxyl groups is 1. The van der Waals surface area contributed by atoms with Gasteiger partial charge in [0.15, 0.2) is 5.84 Å². The van der Waals surface area contributed by atoms with Crippen LogP contribution in [0.5, 0.6) is 0 Å². The topological polar surface area (TPSA) is 118 Å². The highest BCUT2D eigenvalue weighted by Gasteiger charge is 2.15. The van der Waals surface area contributed by atoms with E-state index in [1.165, 1.54) is 0 Å². The lowest BCUT2D eigenvalue weighted by Gasteiger charge is -2.16. The number of nitrogens with zero attached hydrogens (tertiary/aromatic N) is 2. The quantitative estimate of drug-likeness (QED) is 0.385. The van der Waals surface area contributed by atoms with E-state index in [4.69, 9.17) is 16.4 Å². The second-order valence-corrected chi connectivity index (χ2v) is 5.00. The average molecular weight is 307 g/mol. The van der Waals surface area contributed by atoms with Gasteiger partial charge in [0.2, 0.25) is 5.71 Å². The molecule has 6 nitrogen and oxygen atoms in total. The molecule has 0 saturated carbocycles. The molecule has 0 spiro atoms. The number of nitriles is 1. The van der Waals surface area contributed by atoms with Crippen molar-refractivity contribution < 1.29 is 5.11 Å². The van der Waals surface area contributed by atoms with Gasteiger partial charge in [-0.25, -0.2) is 0 Å². The number of rotatable bonds is 5. The maximum absolute atomic E-state index is 10.6. The Morgan fingerprint density at radius 2 is 2.00 bits per heavy atom. The SMILES string of the molecule is Cc1ccc(N/N=C(\C#N)C(=N)N)c(C(O)c2ccccc2)c1. The fourth-order valence-corrected chi connectivity index (χ4v) is 2.09. The summed E-state index contributed by atoms with van der Waals surface area (Å²) in [6.07, 6.45) is -0.836. The zero-order chi connectivity index (χ0) is 16.8. The Morgan fingerprint density at radius 3 is 2.61 bits per heavy atom. The molecular formula is C17H17N5O. The maximum atomic E-state index is 10.6. The van der Waals surface area contributed by atoms with Gasteiger partial charge in [-0.15, -0.1) is 0 Å². The van der Waals surface area contributed by atoms with Gasteiger partial charge in [0.1, 0.15) is 12.2 Å². The van der Waals surface area contributed by atoms with E-state index in [-0.39, 0.29) is 5.71 Å². The molecule has 0 amide bonds. The fourth-order valence-electron chi connectivity index (χ4n) is 2.09. The summed E-state index contributed by atoms with van der Waals surface area (Å²) in [5, 5.41) is 30.6. The molecule has 116 valence electrons. The Hall–Kier alpha value is -3.17. The van der Waals surface area contributed by atoms with Gasteiger partial charge < -0.3 is 10.8 Å². The molecule has 1 unspecified atom stereocenters. The minimum atomic E-state index is -0.836. The molecule has 5 N–H and O–H groups in total. The molecule has 0 aromatic heterocycles. The van der Waals surface area contributed by atoms with E-state index in [2.05, 4.69) is 10.5 Å². The Kier molecular flexibility index (Phi) is 5.07. The largest absolute Gasteiger partial charge is 0.384 e. The second kappa shape index (κ2) is 7.20. The number of hydrogen-bond acceptors (Lipinski definition) is 5. The molecule has 0 radical (unpaired) electrons.